The maximum atomic E-state index is 9.60. The van der Waals surface area contributed by atoms with Gasteiger partial charge in [0, 0.05) is 0 Å². The Morgan fingerprint density at radius 2 is 1.36 bits per heavy atom. The molecule has 14 heavy (non-hydrogen) atoms. The minimum absolute atomic E-state index is 0.206. The van der Waals surface area contributed by atoms with Crippen molar-refractivity contribution in [3.63, 3.8) is 0 Å². The van der Waals surface area contributed by atoms with Crippen LogP contribution in [-0.4, -0.2) is 10.7 Å². The Labute approximate surface area is 88.9 Å². The smallest absolute Gasteiger partial charge is 0.0650 e. The van der Waals surface area contributed by atoms with Crippen LogP contribution in [0.5, 0.6) is 0 Å². The second-order valence-electron chi connectivity index (χ2n) is 4.95. The molecule has 0 heterocycles. The van der Waals surface area contributed by atoms with Crippen molar-refractivity contribution < 1.29 is 5.11 Å². The molecular weight excluding hydrogens is 172 g/mol. The number of aliphatic hydroxyl groups is 1. The van der Waals surface area contributed by atoms with Crippen LogP contribution < -0.4 is 0 Å². The minimum Gasteiger partial charge on any atom is -0.390 e. The molecule has 0 aliphatic heterocycles. The van der Waals surface area contributed by atoms with Gasteiger partial charge in [-0.15, -0.1) is 0 Å². The highest BCUT2D eigenvalue weighted by Crippen LogP contribution is 2.39. The standard InChI is InChI=1S/C13H26O/c1-2-3-4-5-6-7-8-9-10-13(14)11-12-13/h14H,2-12H2,1H3. The van der Waals surface area contributed by atoms with E-state index in [2.05, 4.69) is 6.92 Å². The number of hydrogen-bond acceptors (Lipinski definition) is 1. The molecule has 1 aliphatic carbocycles. The van der Waals surface area contributed by atoms with E-state index in [9.17, 15) is 5.11 Å². The Bertz CT molecular complexity index is 138. The summed E-state index contributed by atoms with van der Waals surface area (Å²) in [7, 11) is 0. The van der Waals surface area contributed by atoms with Gasteiger partial charge in [0.05, 0.1) is 5.60 Å². The first-order valence-corrected chi connectivity index (χ1v) is 6.49. The van der Waals surface area contributed by atoms with Gasteiger partial charge in [-0.3, -0.25) is 0 Å². The fourth-order valence-electron chi connectivity index (χ4n) is 1.98. The number of hydrogen-bond donors (Lipinski definition) is 1. The summed E-state index contributed by atoms with van der Waals surface area (Å²) in [6.45, 7) is 2.26. The number of rotatable bonds is 9. The van der Waals surface area contributed by atoms with Crippen LogP contribution in [0.15, 0.2) is 0 Å². The highest BCUT2D eigenvalue weighted by Gasteiger charge is 2.38. The number of unbranched alkanes of at least 4 members (excludes halogenated alkanes) is 7. The molecule has 1 heteroatoms. The van der Waals surface area contributed by atoms with Crippen LogP contribution in [0.25, 0.3) is 0 Å². The summed E-state index contributed by atoms with van der Waals surface area (Å²) in [6, 6.07) is 0. The van der Waals surface area contributed by atoms with Crippen molar-refractivity contribution in [1.29, 1.82) is 0 Å². The molecule has 1 aliphatic rings. The third-order valence-corrected chi connectivity index (χ3v) is 3.32. The fourth-order valence-corrected chi connectivity index (χ4v) is 1.98. The molecule has 0 saturated heterocycles. The van der Waals surface area contributed by atoms with Crippen LogP contribution in [-0.2, 0) is 0 Å². The molecule has 1 nitrogen and oxygen atoms in total. The largest absolute Gasteiger partial charge is 0.390 e. The Balaban J connectivity index is 1.72. The van der Waals surface area contributed by atoms with Gasteiger partial charge in [-0.25, -0.2) is 0 Å². The van der Waals surface area contributed by atoms with Crippen molar-refractivity contribution in [2.24, 2.45) is 0 Å². The maximum Gasteiger partial charge on any atom is 0.0650 e. The average molecular weight is 198 g/mol. The monoisotopic (exact) mass is 198 g/mol. The summed E-state index contributed by atoms with van der Waals surface area (Å²) < 4.78 is 0. The summed E-state index contributed by atoms with van der Waals surface area (Å²) in [4.78, 5) is 0. The van der Waals surface area contributed by atoms with Gasteiger partial charge in [0.1, 0.15) is 0 Å². The summed E-state index contributed by atoms with van der Waals surface area (Å²) in [5.41, 5.74) is -0.206. The molecule has 1 rings (SSSR count). The van der Waals surface area contributed by atoms with E-state index in [-0.39, 0.29) is 5.60 Å². The molecule has 1 N–H and O–H groups in total. The molecule has 0 spiro atoms. The topological polar surface area (TPSA) is 20.2 Å². The van der Waals surface area contributed by atoms with Gasteiger partial charge in [-0.1, -0.05) is 58.3 Å². The van der Waals surface area contributed by atoms with Crippen molar-refractivity contribution in [1.82, 2.24) is 0 Å². The van der Waals surface area contributed by atoms with Crippen molar-refractivity contribution >= 4 is 0 Å². The average Bonchev–Trinajstić information content (AvgIpc) is 2.89. The lowest BCUT2D eigenvalue weighted by atomic mass is 10.1. The van der Waals surface area contributed by atoms with E-state index in [1.165, 1.54) is 51.4 Å². The first kappa shape index (κ1) is 12.0. The van der Waals surface area contributed by atoms with E-state index < -0.39 is 0 Å². The lowest BCUT2D eigenvalue weighted by Crippen LogP contribution is -2.05. The van der Waals surface area contributed by atoms with Gasteiger partial charge in [-0.2, -0.15) is 0 Å². The predicted octanol–water partition coefficient (Wildman–Crippen LogP) is 4.04. The van der Waals surface area contributed by atoms with Gasteiger partial charge in [-0.05, 0) is 19.3 Å². The fraction of sp³-hybridized carbons (Fsp3) is 1.00. The highest BCUT2D eigenvalue weighted by atomic mass is 16.3. The Morgan fingerprint density at radius 3 is 1.86 bits per heavy atom. The van der Waals surface area contributed by atoms with Crippen molar-refractivity contribution in [3.05, 3.63) is 0 Å². The van der Waals surface area contributed by atoms with Crippen LogP contribution in [0.3, 0.4) is 0 Å². The summed E-state index contributed by atoms with van der Waals surface area (Å²) in [5.74, 6) is 0. The van der Waals surface area contributed by atoms with Crippen LogP contribution in [0, 0.1) is 0 Å². The van der Waals surface area contributed by atoms with Crippen molar-refractivity contribution in [2.75, 3.05) is 0 Å². The normalized spacial score (nSPS) is 18.4. The van der Waals surface area contributed by atoms with E-state index in [0.29, 0.717) is 0 Å². The SMILES string of the molecule is CCCCCCCCCCC1(O)CC1. The zero-order chi connectivity index (χ0) is 10.3. The zero-order valence-electron chi connectivity index (χ0n) is 9.73. The quantitative estimate of drug-likeness (QED) is 0.554. The van der Waals surface area contributed by atoms with Crippen molar-refractivity contribution in [3.8, 4) is 0 Å². The van der Waals surface area contributed by atoms with Gasteiger partial charge >= 0.3 is 0 Å². The first-order chi connectivity index (χ1) is 6.77. The Morgan fingerprint density at radius 1 is 0.857 bits per heavy atom. The molecular formula is C13H26O. The van der Waals surface area contributed by atoms with Crippen LogP contribution >= 0.6 is 0 Å². The Kier molecular flexibility index (Phi) is 5.54. The molecule has 0 aromatic rings. The molecule has 0 atom stereocenters. The van der Waals surface area contributed by atoms with E-state index in [4.69, 9.17) is 0 Å². The lowest BCUT2D eigenvalue weighted by molar-refractivity contribution is 0.136. The highest BCUT2D eigenvalue weighted by molar-refractivity contribution is 4.92. The molecule has 0 unspecified atom stereocenters. The second-order valence-corrected chi connectivity index (χ2v) is 4.95. The molecule has 1 saturated carbocycles. The third kappa shape index (κ3) is 5.64. The third-order valence-electron chi connectivity index (χ3n) is 3.32. The summed E-state index contributed by atoms with van der Waals surface area (Å²) >= 11 is 0. The van der Waals surface area contributed by atoms with Gasteiger partial charge < -0.3 is 5.11 Å². The lowest BCUT2D eigenvalue weighted by Gasteiger charge is -2.06. The van der Waals surface area contributed by atoms with E-state index in [0.717, 1.165) is 19.3 Å². The molecule has 0 radical (unpaired) electrons. The molecule has 0 aromatic heterocycles. The molecule has 0 amide bonds. The van der Waals surface area contributed by atoms with E-state index in [1.807, 2.05) is 0 Å². The van der Waals surface area contributed by atoms with Gasteiger partial charge in [0.25, 0.3) is 0 Å². The summed E-state index contributed by atoms with van der Waals surface area (Å²) in [5, 5.41) is 9.60. The second kappa shape index (κ2) is 6.44. The maximum absolute atomic E-state index is 9.60. The van der Waals surface area contributed by atoms with Gasteiger partial charge in [0.15, 0.2) is 0 Å². The van der Waals surface area contributed by atoms with Crippen LogP contribution in [0.1, 0.15) is 77.6 Å². The minimum atomic E-state index is -0.206. The summed E-state index contributed by atoms with van der Waals surface area (Å²) in [6.07, 6.45) is 14.1. The zero-order valence-corrected chi connectivity index (χ0v) is 9.73. The van der Waals surface area contributed by atoms with Crippen molar-refractivity contribution in [2.45, 2.75) is 83.2 Å². The molecule has 1 fully saturated rings. The van der Waals surface area contributed by atoms with Gasteiger partial charge in [0.2, 0.25) is 0 Å². The van der Waals surface area contributed by atoms with Crippen LogP contribution in [0.4, 0.5) is 0 Å². The molecule has 0 bridgehead atoms. The van der Waals surface area contributed by atoms with E-state index >= 15 is 0 Å². The first-order valence-electron chi connectivity index (χ1n) is 6.49. The van der Waals surface area contributed by atoms with Crippen LogP contribution in [0.2, 0.25) is 0 Å². The van der Waals surface area contributed by atoms with E-state index in [1.54, 1.807) is 0 Å². The molecule has 0 aromatic carbocycles. The predicted molar refractivity (Wildman–Crippen MR) is 61.4 cm³/mol. The Hall–Kier alpha value is -0.0400. The molecule has 84 valence electrons.